The highest BCUT2D eigenvalue weighted by molar-refractivity contribution is 7.99. The van der Waals surface area contributed by atoms with Gasteiger partial charge in [-0.25, -0.2) is 9.97 Å². The molecule has 0 saturated heterocycles. The van der Waals surface area contributed by atoms with E-state index in [-0.39, 0.29) is 0 Å². The molecule has 0 atom stereocenters. The Labute approximate surface area is 114 Å². The molecule has 0 fully saturated rings. The first-order valence-corrected chi connectivity index (χ1v) is 6.54. The van der Waals surface area contributed by atoms with Gasteiger partial charge in [-0.1, -0.05) is 18.2 Å². The lowest BCUT2D eigenvalue weighted by Crippen LogP contribution is -1.93. The molecule has 0 bridgehead atoms. The van der Waals surface area contributed by atoms with Crippen LogP contribution in [0.5, 0.6) is 0 Å². The highest BCUT2D eigenvalue weighted by Crippen LogP contribution is 2.29. The van der Waals surface area contributed by atoms with Gasteiger partial charge in [0.15, 0.2) is 5.16 Å². The van der Waals surface area contributed by atoms with Gasteiger partial charge in [0.25, 0.3) is 0 Å². The maximum Gasteiger partial charge on any atom is 0.174 e. The summed E-state index contributed by atoms with van der Waals surface area (Å²) >= 11 is 1.41. The van der Waals surface area contributed by atoms with E-state index < -0.39 is 0 Å². The Morgan fingerprint density at radius 2 is 2.16 bits per heavy atom. The molecule has 2 aromatic heterocycles. The van der Waals surface area contributed by atoms with Crippen LogP contribution in [-0.2, 0) is 7.05 Å². The first-order chi connectivity index (χ1) is 9.28. The summed E-state index contributed by atoms with van der Waals surface area (Å²) in [4.78, 5) is 8.79. The number of fused-ring (bicyclic) bond motifs is 1. The number of benzene rings is 1. The first-order valence-electron chi connectivity index (χ1n) is 5.73. The van der Waals surface area contributed by atoms with E-state index in [0.717, 1.165) is 16.1 Å². The van der Waals surface area contributed by atoms with Crippen LogP contribution in [0.3, 0.4) is 0 Å². The fraction of sp³-hybridized carbons (Fsp3) is 0.0714. The summed E-state index contributed by atoms with van der Waals surface area (Å²) in [6.45, 7) is 0. The molecular formula is C14H10N4S. The Morgan fingerprint density at radius 1 is 1.32 bits per heavy atom. The number of aromatic nitrogens is 3. The SMILES string of the molecule is Cn1ccnc1Sc1nc2ccccc2cc1C#N. The highest BCUT2D eigenvalue weighted by atomic mass is 32.2. The van der Waals surface area contributed by atoms with Crippen molar-refractivity contribution in [3.8, 4) is 6.07 Å². The number of aryl methyl sites for hydroxylation is 1. The molecule has 1 aromatic carbocycles. The molecule has 0 radical (unpaired) electrons. The predicted molar refractivity (Wildman–Crippen MR) is 73.8 cm³/mol. The third kappa shape index (κ3) is 2.18. The van der Waals surface area contributed by atoms with Gasteiger partial charge >= 0.3 is 0 Å². The Bertz CT molecular complexity index is 785. The largest absolute Gasteiger partial charge is 0.329 e. The number of rotatable bonds is 2. The predicted octanol–water partition coefficient (Wildman–Crippen LogP) is 2.99. The number of hydrogen-bond acceptors (Lipinski definition) is 4. The summed E-state index contributed by atoms with van der Waals surface area (Å²) in [6, 6.07) is 11.9. The Kier molecular flexibility index (Phi) is 2.94. The minimum Gasteiger partial charge on any atom is -0.329 e. The topological polar surface area (TPSA) is 54.5 Å². The number of nitriles is 1. The third-order valence-electron chi connectivity index (χ3n) is 2.77. The van der Waals surface area contributed by atoms with Gasteiger partial charge in [0.1, 0.15) is 11.1 Å². The summed E-state index contributed by atoms with van der Waals surface area (Å²) in [6.07, 6.45) is 3.60. The van der Waals surface area contributed by atoms with Crippen LogP contribution in [0.15, 0.2) is 52.9 Å². The average molecular weight is 266 g/mol. The fourth-order valence-electron chi connectivity index (χ4n) is 1.79. The molecular weight excluding hydrogens is 256 g/mol. The molecule has 3 aromatic rings. The smallest absolute Gasteiger partial charge is 0.174 e. The standard InChI is InChI=1S/C14H10N4S/c1-18-7-6-16-14(18)19-13-11(9-15)8-10-4-2-3-5-12(10)17-13/h2-8H,1H3. The van der Waals surface area contributed by atoms with E-state index in [1.54, 1.807) is 6.20 Å². The normalized spacial score (nSPS) is 10.5. The maximum atomic E-state index is 9.25. The van der Waals surface area contributed by atoms with E-state index in [1.807, 2.05) is 48.1 Å². The molecule has 0 amide bonds. The van der Waals surface area contributed by atoms with Crippen molar-refractivity contribution in [1.29, 1.82) is 5.26 Å². The summed E-state index contributed by atoms with van der Waals surface area (Å²) < 4.78 is 1.91. The number of pyridine rings is 1. The second kappa shape index (κ2) is 4.75. The second-order valence-corrected chi connectivity index (χ2v) is 5.02. The van der Waals surface area contributed by atoms with Gasteiger partial charge in [-0.05, 0) is 23.9 Å². The molecule has 19 heavy (non-hydrogen) atoms. The molecule has 2 heterocycles. The molecule has 3 rings (SSSR count). The van der Waals surface area contributed by atoms with Crippen molar-refractivity contribution < 1.29 is 0 Å². The number of hydrogen-bond donors (Lipinski definition) is 0. The minimum absolute atomic E-state index is 0.576. The lowest BCUT2D eigenvalue weighted by Gasteiger charge is -2.05. The number of para-hydroxylation sites is 1. The van der Waals surface area contributed by atoms with E-state index in [9.17, 15) is 5.26 Å². The van der Waals surface area contributed by atoms with Gasteiger partial charge in [-0.3, -0.25) is 0 Å². The molecule has 0 aliphatic carbocycles. The Balaban J connectivity index is 2.12. The van der Waals surface area contributed by atoms with Gasteiger partial charge in [0.2, 0.25) is 0 Å². The van der Waals surface area contributed by atoms with Crippen molar-refractivity contribution >= 4 is 22.7 Å². The van der Waals surface area contributed by atoms with Crippen LogP contribution >= 0.6 is 11.8 Å². The number of imidazole rings is 1. The lowest BCUT2D eigenvalue weighted by molar-refractivity contribution is 0.789. The summed E-state index contributed by atoms with van der Waals surface area (Å²) in [7, 11) is 1.92. The van der Waals surface area contributed by atoms with E-state index >= 15 is 0 Å². The first kappa shape index (κ1) is 11.8. The van der Waals surface area contributed by atoms with Crippen LogP contribution < -0.4 is 0 Å². The zero-order chi connectivity index (χ0) is 13.2. The highest BCUT2D eigenvalue weighted by Gasteiger charge is 2.10. The Morgan fingerprint density at radius 3 is 2.89 bits per heavy atom. The summed E-state index contributed by atoms with van der Waals surface area (Å²) in [5.74, 6) is 0. The van der Waals surface area contributed by atoms with Crippen molar-refractivity contribution in [3.05, 3.63) is 48.3 Å². The van der Waals surface area contributed by atoms with E-state index in [2.05, 4.69) is 16.0 Å². The van der Waals surface area contributed by atoms with Crippen LogP contribution in [0.4, 0.5) is 0 Å². The van der Waals surface area contributed by atoms with Crippen molar-refractivity contribution in [1.82, 2.24) is 14.5 Å². The minimum atomic E-state index is 0.576. The molecule has 0 unspecified atom stereocenters. The molecule has 4 nitrogen and oxygen atoms in total. The van der Waals surface area contributed by atoms with Crippen LogP contribution in [0.1, 0.15) is 5.56 Å². The third-order valence-corrected chi connectivity index (χ3v) is 3.85. The van der Waals surface area contributed by atoms with Crippen LogP contribution in [0.25, 0.3) is 10.9 Å². The van der Waals surface area contributed by atoms with E-state index in [4.69, 9.17) is 0 Å². The molecule has 5 heteroatoms. The summed E-state index contributed by atoms with van der Waals surface area (Å²) in [5, 5.41) is 11.7. The van der Waals surface area contributed by atoms with Crippen molar-refractivity contribution in [2.45, 2.75) is 10.2 Å². The van der Waals surface area contributed by atoms with Gasteiger partial charge in [-0.15, -0.1) is 0 Å². The van der Waals surface area contributed by atoms with Gasteiger partial charge < -0.3 is 4.57 Å². The van der Waals surface area contributed by atoms with Gasteiger partial charge in [0, 0.05) is 24.8 Å². The van der Waals surface area contributed by atoms with Gasteiger partial charge in [0.05, 0.1) is 11.1 Å². The van der Waals surface area contributed by atoms with Crippen LogP contribution in [0, 0.1) is 11.3 Å². The Hall–Kier alpha value is -2.32. The van der Waals surface area contributed by atoms with E-state index in [0.29, 0.717) is 10.6 Å². The molecule has 0 aliphatic heterocycles. The van der Waals surface area contributed by atoms with Gasteiger partial charge in [-0.2, -0.15) is 5.26 Å². The monoisotopic (exact) mass is 266 g/mol. The zero-order valence-corrected chi connectivity index (χ0v) is 11.1. The fourth-order valence-corrected chi connectivity index (χ4v) is 2.64. The van der Waals surface area contributed by atoms with Crippen LogP contribution in [-0.4, -0.2) is 14.5 Å². The van der Waals surface area contributed by atoms with Crippen molar-refractivity contribution in [2.24, 2.45) is 7.05 Å². The lowest BCUT2D eigenvalue weighted by atomic mass is 10.2. The van der Waals surface area contributed by atoms with Crippen LogP contribution in [0.2, 0.25) is 0 Å². The molecule has 0 saturated carbocycles. The summed E-state index contributed by atoms with van der Waals surface area (Å²) in [5.41, 5.74) is 1.46. The van der Waals surface area contributed by atoms with Crippen molar-refractivity contribution in [2.75, 3.05) is 0 Å². The van der Waals surface area contributed by atoms with Crippen molar-refractivity contribution in [3.63, 3.8) is 0 Å². The quantitative estimate of drug-likeness (QED) is 0.715. The van der Waals surface area contributed by atoms with E-state index in [1.165, 1.54) is 11.8 Å². The molecule has 0 N–H and O–H groups in total. The average Bonchev–Trinajstić information content (AvgIpc) is 2.83. The molecule has 0 aliphatic rings. The maximum absolute atomic E-state index is 9.25. The zero-order valence-electron chi connectivity index (χ0n) is 10.2. The molecule has 0 spiro atoms. The number of nitrogens with zero attached hydrogens (tertiary/aromatic N) is 4. The second-order valence-electron chi connectivity index (χ2n) is 4.07. The molecule has 92 valence electrons.